The van der Waals surface area contributed by atoms with Crippen LogP contribution in [0.3, 0.4) is 0 Å². The van der Waals surface area contributed by atoms with E-state index in [0.717, 1.165) is 94.1 Å². The topological polar surface area (TPSA) is 54.5 Å². The molecule has 3 heterocycles. The van der Waals surface area contributed by atoms with Gasteiger partial charge in [-0.15, -0.1) is 0 Å². The summed E-state index contributed by atoms with van der Waals surface area (Å²) >= 11 is 0. The van der Waals surface area contributed by atoms with Gasteiger partial charge in [0.15, 0.2) is 11.5 Å². The Bertz CT molecular complexity index is 1780. The molecule has 0 aromatic heterocycles. The third-order valence-electron chi connectivity index (χ3n) is 11.8. The third-order valence-corrected chi connectivity index (χ3v) is 13.1. The number of fused-ring (bicyclic) bond motifs is 2. The van der Waals surface area contributed by atoms with Crippen molar-refractivity contribution in [3.05, 3.63) is 120 Å². The SMILES string of the molecule is CC(C)([Si]OC1CCC(C(=O)N2c3ccccc3CCC2CN2CCN(c3cccc4c3OCCO4)CC2)CC1)C(c1ccccc1)c1ccccc1. The van der Waals surface area contributed by atoms with Gasteiger partial charge in [0.1, 0.15) is 13.2 Å². The summed E-state index contributed by atoms with van der Waals surface area (Å²) in [5.74, 6) is 2.30. The zero-order valence-electron chi connectivity index (χ0n) is 31.3. The van der Waals surface area contributed by atoms with Crippen LogP contribution < -0.4 is 19.3 Å². The summed E-state index contributed by atoms with van der Waals surface area (Å²) in [6.07, 6.45) is 5.83. The molecule has 2 fully saturated rings. The molecule has 1 unspecified atom stereocenters. The highest BCUT2D eigenvalue weighted by Crippen LogP contribution is 2.46. The summed E-state index contributed by atoms with van der Waals surface area (Å²) in [7, 11) is 0.359. The summed E-state index contributed by atoms with van der Waals surface area (Å²) in [6.45, 7) is 10.6. The van der Waals surface area contributed by atoms with E-state index in [-0.39, 0.29) is 29.0 Å². The van der Waals surface area contributed by atoms with Gasteiger partial charge in [-0.2, -0.15) is 0 Å². The first kappa shape index (κ1) is 35.9. The van der Waals surface area contributed by atoms with Crippen molar-refractivity contribution >= 4 is 27.0 Å². The number of carbonyl (C=O) groups excluding carboxylic acids is 1. The van der Waals surface area contributed by atoms with Crippen molar-refractivity contribution in [2.24, 2.45) is 5.92 Å². The number of nitrogens with zero attached hydrogens (tertiary/aromatic N) is 3. The largest absolute Gasteiger partial charge is 0.486 e. The van der Waals surface area contributed by atoms with Gasteiger partial charge in [0, 0.05) is 62.4 Å². The van der Waals surface area contributed by atoms with Crippen LogP contribution in [-0.4, -0.2) is 78.7 Å². The van der Waals surface area contributed by atoms with Gasteiger partial charge in [-0.05, 0) is 78.5 Å². The second kappa shape index (κ2) is 16.1. The molecule has 8 rings (SSSR count). The van der Waals surface area contributed by atoms with Crippen LogP contribution in [0.4, 0.5) is 11.4 Å². The molecule has 7 nitrogen and oxygen atoms in total. The molecular formula is C45H53N3O4Si. The molecule has 1 amide bonds. The highest BCUT2D eigenvalue weighted by molar-refractivity contribution is 6.32. The van der Waals surface area contributed by atoms with E-state index in [1.807, 2.05) is 6.07 Å². The van der Waals surface area contributed by atoms with Gasteiger partial charge in [-0.3, -0.25) is 9.69 Å². The maximum atomic E-state index is 14.6. The maximum Gasteiger partial charge on any atom is 0.237 e. The Morgan fingerprint density at radius 2 is 1.40 bits per heavy atom. The van der Waals surface area contributed by atoms with Crippen LogP contribution in [0, 0.1) is 5.92 Å². The van der Waals surface area contributed by atoms with Crippen LogP contribution in [0.25, 0.3) is 0 Å². The van der Waals surface area contributed by atoms with Crippen molar-refractivity contribution in [1.82, 2.24) is 4.90 Å². The molecule has 1 saturated carbocycles. The van der Waals surface area contributed by atoms with Crippen molar-refractivity contribution in [3.8, 4) is 11.5 Å². The summed E-state index contributed by atoms with van der Waals surface area (Å²) < 4.78 is 18.7. The number of piperazine rings is 1. The predicted octanol–water partition coefficient (Wildman–Crippen LogP) is 8.15. The molecule has 8 heteroatoms. The number of hydrogen-bond donors (Lipinski definition) is 0. The van der Waals surface area contributed by atoms with E-state index in [4.69, 9.17) is 13.9 Å². The van der Waals surface area contributed by atoms with Crippen molar-refractivity contribution in [2.45, 2.75) is 75.5 Å². The van der Waals surface area contributed by atoms with Gasteiger partial charge in [0.25, 0.3) is 0 Å². The van der Waals surface area contributed by atoms with Crippen molar-refractivity contribution < 1.29 is 18.7 Å². The molecule has 0 bridgehead atoms. The number of amides is 1. The zero-order valence-corrected chi connectivity index (χ0v) is 32.3. The highest BCUT2D eigenvalue weighted by atomic mass is 28.2. The molecule has 53 heavy (non-hydrogen) atoms. The van der Waals surface area contributed by atoms with Crippen molar-refractivity contribution in [1.29, 1.82) is 0 Å². The monoisotopic (exact) mass is 727 g/mol. The molecule has 4 aromatic carbocycles. The number of para-hydroxylation sites is 2. The maximum absolute atomic E-state index is 14.6. The average molecular weight is 728 g/mol. The van der Waals surface area contributed by atoms with E-state index in [9.17, 15) is 4.79 Å². The summed E-state index contributed by atoms with van der Waals surface area (Å²) in [6, 6.07) is 36.7. The van der Waals surface area contributed by atoms with Gasteiger partial charge in [0.05, 0.1) is 5.69 Å². The van der Waals surface area contributed by atoms with Crippen LogP contribution in [0.1, 0.15) is 68.6 Å². The fraction of sp³-hybridized carbons (Fsp3) is 0.444. The second-order valence-electron chi connectivity index (χ2n) is 15.8. The minimum Gasteiger partial charge on any atom is -0.486 e. The standard InChI is InChI=1S/C45H53N3O4Si/c1-45(2,42(34-13-5-3-6-14-34)35-15-7-4-8-16-35)53-52-38-24-21-36(22-25-38)44(49)48-37(23-20-33-12-9-10-17-39(33)48)32-46-26-28-47(29-27-46)40-18-11-19-41-43(40)51-31-30-50-41/h3-19,36-38,42H,20-32H2,1-2H3. The second-order valence-corrected chi connectivity index (χ2v) is 17.5. The summed E-state index contributed by atoms with van der Waals surface area (Å²) in [4.78, 5) is 21.8. The normalized spacial score (nSPS) is 22.1. The Hall–Kier alpha value is -4.11. The molecule has 276 valence electrons. The van der Waals surface area contributed by atoms with Gasteiger partial charge in [-0.25, -0.2) is 0 Å². The van der Waals surface area contributed by atoms with Gasteiger partial charge in [-0.1, -0.05) is 98.8 Å². The first-order valence-corrected chi connectivity index (χ1v) is 20.6. The number of ether oxygens (including phenoxy) is 2. The van der Waals surface area contributed by atoms with E-state index in [1.165, 1.54) is 16.7 Å². The van der Waals surface area contributed by atoms with E-state index in [2.05, 4.69) is 126 Å². The number of rotatable bonds is 10. The lowest BCUT2D eigenvalue weighted by Crippen LogP contribution is -2.55. The molecule has 4 aliphatic rings. The average Bonchev–Trinajstić information content (AvgIpc) is 3.21. The molecular weight excluding hydrogens is 675 g/mol. The van der Waals surface area contributed by atoms with Crippen LogP contribution in [-0.2, 0) is 15.6 Å². The Balaban J connectivity index is 0.895. The quantitative estimate of drug-likeness (QED) is 0.154. The molecule has 3 aliphatic heterocycles. The molecule has 0 N–H and O–H groups in total. The summed E-state index contributed by atoms with van der Waals surface area (Å²) in [5.41, 5.74) is 6.19. The zero-order chi connectivity index (χ0) is 36.2. The van der Waals surface area contributed by atoms with Crippen molar-refractivity contribution in [2.75, 3.05) is 55.7 Å². The smallest absolute Gasteiger partial charge is 0.237 e. The highest BCUT2D eigenvalue weighted by Gasteiger charge is 2.39. The van der Waals surface area contributed by atoms with Crippen molar-refractivity contribution in [3.63, 3.8) is 0 Å². The fourth-order valence-electron chi connectivity index (χ4n) is 9.09. The van der Waals surface area contributed by atoms with Crippen LogP contribution in [0.5, 0.6) is 11.5 Å². The first-order valence-electron chi connectivity index (χ1n) is 19.7. The van der Waals surface area contributed by atoms with Gasteiger partial charge >= 0.3 is 0 Å². The lowest BCUT2D eigenvalue weighted by atomic mass is 9.82. The minimum atomic E-state index is -0.0751. The number of benzene rings is 4. The van der Waals surface area contributed by atoms with E-state index in [1.54, 1.807) is 0 Å². The minimum absolute atomic E-state index is 0.0320. The molecule has 1 aliphatic carbocycles. The third kappa shape index (κ3) is 7.91. The lowest BCUT2D eigenvalue weighted by Gasteiger charge is -2.44. The Morgan fingerprint density at radius 3 is 2.11 bits per heavy atom. The first-order chi connectivity index (χ1) is 25.9. The Kier molecular flexibility index (Phi) is 10.9. The molecule has 4 aromatic rings. The van der Waals surface area contributed by atoms with Crippen LogP contribution in [0.2, 0.25) is 5.04 Å². The summed E-state index contributed by atoms with van der Waals surface area (Å²) in [5, 5.41) is -0.0751. The number of hydrogen-bond acceptors (Lipinski definition) is 6. The van der Waals surface area contributed by atoms with E-state index in [0.29, 0.717) is 28.9 Å². The lowest BCUT2D eigenvalue weighted by molar-refractivity contribution is -0.124. The molecule has 1 atom stereocenters. The molecule has 2 radical (unpaired) electrons. The molecule has 1 saturated heterocycles. The Labute approximate surface area is 318 Å². The van der Waals surface area contributed by atoms with Crippen LogP contribution >= 0.6 is 0 Å². The molecule has 0 spiro atoms. The fourth-order valence-corrected chi connectivity index (χ4v) is 10.2. The number of anilines is 2. The Morgan fingerprint density at radius 1 is 0.755 bits per heavy atom. The number of carbonyl (C=O) groups is 1. The predicted molar refractivity (Wildman–Crippen MR) is 213 cm³/mol. The van der Waals surface area contributed by atoms with E-state index < -0.39 is 0 Å². The van der Waals surface area contributed by atoms with Crippen LogP contribution in [0.15, 0.2) is 103 Å². The van der Waals surface area contributed by atoms with E-state index >= 15 is 0 Å². The number of aryl methyl sites for hydroxylation is 1. The van der Waals surface area contributed by atoms with Gasteiger partial charge in [0.2, 0.25) is 15.7 Å². The van der Waals surface area contributed by atoms with Gasteiger partial charge < -0.3 is 23.7 Å².